The molecule has 8 heteroatoms. The number of rotatable bonds is 7. The predicted molar refractivity (Wildman–Crippen MR) is 105 cm³/mol. The number of carbonyl (C=O) groups excluding carboxylic acids is 1. The summed E-state index contributed by atoms with van der Waals surface area (Å²) in [5.41, 5.74) is 0.738. The molecule has 0 spiro atoms. The molecule has 6 nitrogen and oxygen atoms in total. The topological polar surface area (TPSA) is 76.1 Å². The summed E-state index contributed by atoms with van der Waals surface area (Å²) in [5.74, 6) is -0.554. The van der Waals surface area contributed by atoms with Crippen molar-refractivity contribution in [3.63, 3.8) is 0 Å². The fourth-order valence-corrected chi connectivity index (χ4v) is 3.94. The van der Waals surface area contributed by atoms with Crippen molar-refractivity contribution in [3.8, 4) is 11.5 Å². The Morgan fingerprint density at radius 1 is 1.38 bits per heavy atom. The van der Waals surface area contributed by atoms with Gasteiger partial charge in [0.2, 0.25) is 0 Å². The molecule has 1 amide bonds. The van der Waals surface area contributed by atoms with Gasteiger partial charge in [0.25, 0.3) is 5.91 Å². The zero-order valence-electron chi connectivity index (χ0n) is 15.0. The first kappa shape index (κ1) is 20.3. The van der Waals surface area contributed by atoms with Crippen LogP contribution >= 0.6 is 24.0 Å². The smallest absolute Gasteiger partial charge is 0.327 e. The van der Waals surface area contributed by atoms with E-state index in [1.807, 2.05) is 6.92 Å². The molecule has 1 aliphatic rings. The van der Waals surface area contributed by atoms with Crippen LogP contribution in [0, 0.1) is 5.92 Å². The predicted octanol–water partition coefficient (Wildman–Crippen LogP) is 3.40. The number of hydrogen-bond acceptors (Lipinski definition) is 6. The van der Waals surface area contributed by atoms with Gasteiger partial charge in [-0.3, -0.25) is 9.69 Å². The SMILES string of the molecule is CCOc1ccc(/C=C2/SC(=S)N([C@@H](C(=O)O)C(C)C)C2=O)cc1OC. The Hall–Kier alpha value is -2.06. The molecule has 0 saturated carbocycles. The van der Waals surface area contributed by atoms with Crippen LogP contribution in [0.5, 0.6) is 11.5 Å². The largest absolute Gasteiger partial charge is 0.493 e. The lowest BCUT2D eigenvalue weighted by molar-refractivity contribution is -0.146. The Labute approximate surface area is 162 Å². The zero-order chi connectivity index (χ0) is 19.4. The van der Waals surface area contributed by atoms with Gasteiger partial charge in [0, 0.05) is 0 Å². The maximum atomic E-state index is 12.7. The molecule has 0 aromatic heterocycles. The first-order valence-corrected chi connectivity index (χ1v) is 9.33. The van der Waals surface area contributed by atoms with Crippen LogP contribution in [-0.2, 0) is 9.59 Å². The average molecular weight is 396 g/mol. The van der Waals surface area contributed by atoms with Crippen LogP contribution in [0.25, 0.3) is 6.08 Å². The number of nitrogens with zero attached hydrogens (tertiary/aromatic N) is 1. The third kappa shape index (κ3) is 4.19. The second-order valence-electron chi connectivity index (χ2n) is 5.92. The van der Waals surface area contributed by atoms with Gasteiger partial charge >= 0.3 is 5.97 Å². The van der Waals surface area contributed by atoms with Crippen molar-refractivity contribution in [2.75, 3.05) is 13.7 Å². The summed E-state index contributed by atoms with van der Waals surface area (Å²) >= 11 is 6.35. The number of carboxylic acid groups (broad SMARTS) is 1. The van der Waals surface area contributed by atoms with Gasteiger partial charge in [0.15, 0.2) is 11.5 Å². The maximum absolute atomic E-state index is 12.7. The zero-order valence-corrected chi connectivity index (χ0v) is 16.6. The lowest BCUT2D eigenvalue weighted by atomic mass is 10.0. The van der Waals surface area contributed by atoms with Crippen LogP contribution in [0.1, 0.15) is 26.3 Å². The van der Waals surface area contributed by atoms with Gasteiger partial charge in [-0.15, -0.1) is 0 Å². The number of ether oxygens (including phenoxy) is 2. The monoisotopic (exact) mass is 395 g/mol. The molecule has 0 unspecified atom stereocenters. The molecule has 1 N–H and O–H groups in total. The molecule has 2 rings (SSSR count). The second-order valence-corrected chi connectivity index (χ2v) is 7.60. The molecular formula is C18H21NO5S2. The lowest BCUT2D eigenvalue weighted by Gasteiger charge is -2.26. The standard InChI is InChI=1S/C18H21NO5S2/c1-5-24-12-7-6-11(8-13(12)23-4)9-14-16(20)19(18(25)26-14)15(10(2)3)17(21)22/h6-10,15H,5H2,1-4H3,(H,21,22)/b14-9+/t15-/m1/s1. The van der Waals surface area contributed by atoms with Crippen molar-refractivity contribution in [2.45, 2.75) is 26.8 Å². The highest BCUT2D eigenvalue weighted by atomic mass is 32.2. The minimum atomic E-state index is -1.07. The molecular weight excluding hydrogens is 374 g/mol. The van der Waals surface area contributed by atoms with Crippen molar-refractivity contribution in [3.05, 3.63) is 28.7 Å². The van der Waals surface area contributed by atoms with Crippen molar-refractivity contribution in [1.82, 2.24) is 4.90 Å². The van der Waals surface area contributed by atoms with Crippen LogP contribution in [0.15, 0.2) is 23.1 Å². The number of aliphatic carboxylic acids is 1. The maximum Gasteiger partial charge on any atom is 0.327 e. The minimum Gasteiger partial charge on any atom is -0.493 e. The molecule has 1 atom stereocenters. The van der Waals surface area contributed by atoms with Crippen molar-refractivity contribution < 1.29 is 24.2 Å². The highest BCUT2D eigenvalue weighted by Crippen LogP contribution is 2.36. The lowest BCUT2D eigenvalue weighted by Crippen LogP contribution is -2.47. The normalized spacial score (nSPS) is 17.1. The van der Waals surface area contributed by atoms with Gasteiger partial charge in [-0.2, -0.15) is 0 Å². The molecule has 140 valence electrons. The van der Waals surface area contributed by atoms with Crippen LogP contribution in [0.4, 0.5) is 0 Å². The van der Waals surface area contributed by atoms with E-state index in [-0.39, 0.29) is 10.2 Å². The number of thiocarbonyl (C=S) groups is 1. The summed E-state index contributed by atoms with van der Waals surface area (Å²) in [4.78, 5) is 25.8. The Bertz CT molecular complexity index is 760. The molecule has 1 aromatic carbocycles. The quantitative estimate of drug-likeness (QED) is 0.560. The van der Waals surface area contributed by atoms with E-state index in [9.17, 15) is 14.7 Å². The number of thioether (sulfide) groups is 1. The summed E-state index contributed by atoms with van der Waals surface area (Å²) < 4.78 is 11.0. The molecule has 0 radical (unpaired) electrons. The molecule has 0 aliphatic carbocycles. The van der Waals surface area contributed by atoms with Crippen LogP contribution in [0.2, 0.25) is 0 Å². The third-order valence-corrected chi connectivity index (χ3v) is 5.10. The van der Waals surface area contributed by atoms with Crippen LogP contribution in [-0.4, -0.2) is 46.0 Å². The van der Waals surface area contributed by atoms with Gasteiger partial charge in [-0.1, -0.05) is 43.9 Å². The van der Waals surface area contributed by atoms with E-state index in [1.54, 1.807) is 45.2 Å². The van der Waals surface area contributed by atoms with Gasteiger partial charge in [-0.25, -0.2) is 4.79 Å². The summed E-state index contributed by atoms with van der Waals surface area (Å²) in [6, 6.07) is 4.35. The Morgan fingerprint density at radius 3 is 2.62 bits per heavy atom. The summed E-state index contributed by atoms with van der Waals surface area (Å²) in [5, 5.41) is 9.45. The van der Waals surface area contributed by atoms with Crippen molar-refractivity contribution in [2.24, 2.45) is 5.92 Å². The fourth-order valence-electron chi connectivity index (χ4n) is 2.61. The molecule has 1 heterocycles. The minimum absolute atomic E-state index is 0.250. The second kappa shape index (κ2) is 8.55. The number of amides is 1. The van der Waals surface area contributed by atoms with Gasteiger partial charge in [0.05, 0.1) is 18.6 Å². The van der Waals surface area contributed by atoms with Crippen LogP contribution in [0.3, 0.4) is 0 Å². The number of carbonyl (C=O) groups is 2. The summed E-state index contributed by atoms with van der Waals surface area (Å²) in [6.45, 7) is 5.89. The van der Waals surface area contributed by atoms with Crippen LogP contribution < -0.4 is 9.47 Å². The van der Waals surface area contributed by atoms with E-state index in [2.05, 4.69) is 0 Å². The number of benzene rings is 1. The van der Waals surface area contributed by atoms with E-state index in [1.165, 1.54) is 4.90 Å². The highest BCUT2D eigenvalue weighted by Gasteiger charge is 2.41. The Balaban J connectivity index is 2.34. The Morgan fingerprint density at radius 2 is 2.08 bits per heavy atom. The number of hydrogen-bond donors (Lipinski definition) is 1. The molecule has 1 saturated heterocycles. The third-order valence-electron chi connectivity index (χ3n) is 3.77. The first-order chi connectivity index (χ1) is 12.3. The van der Waals surface area contributed by atoms with Gasteiger partial charge in [-0.05, 0) is 36.6 Å². The van der Waals surface area contributed by atoms with Crippen molar-refractivity contribution >= 4 is 46.3 Å². The van der Waals surface area contributed by atoms with Crippen molar-refractivity contribution in [1.29, 1.82) is 0 Å². The van der Waals surface area contributed by atoms with E-state index in [0.29, 0.717) is 23.0 Å². The van der Waals surface area contributed by atoms with E-state index < -0.39 is 17.9 Å². The number of carboxylic acids is 1. The molecule has 0 bridgehead atoms. The molecule has 1 aliphatic heterocycles. The first-order valence-electron chi connectivity index (χ1n) is 8.10. The highest BCUT2D eigenvalue weighted by molar-refractivity contribution is 8.26. The Kier molecular flexibility index (Phi) is 6.66. The van der Waals surface area contributed by atoms with E-state index >= 15 is 0 Å². The van der Waals surface area contributed by atoms with E-state index in [0.717, 1.165) is 17.3 Å². The van der Waals surface area contributed by atoms with Gasteiger partial charge < -0.3 is 14.6 Å². The summed E-state index contributed by atoms with van der Waals surface area (Å²) in [6.07, 6.45) is 1.68. The molecule has 1 fully saturated rings. The molecule has 26 heavy (non-hydrogen) atoms. The number of methoxy groups -OCH3 is 1. The average Bonchev–Trinajstić information content (AvgIpc) is 2.83. The molecule has 1 aromatic rings. The van der Waals surface area contributed by atoms with Gasteiger partial charge in [0.1, 0.15) is 10.4 Å². The summed E-state index contributed by atoms with van der Waals surface area (Å²) in [7, 11) is 1.54. The van der Waals surface area contributed by atoms with E-state index in [4.69, 9.17) is 21.7 Å². The fraction of sp³-hybridized carbons (Fsp3) is 0.389.